The molecule has 0 spiro atoms. The van der Waals surface area contributed by atoms with Crippen LogP contribution >= 0.6 is 0 Å². The maximum absolute atomic E-state index is 14.3. The van der Waals surface area contributed by atoms with Crippen LogP contribution in [-0.4, -0.2) is 19.3 Å². The van der Waals surface area contributed by atoms with Crippen LogP contribution in [-0.2, 0) is 24.2 Å². The van der Waals surface area contributed by atoms with Gasteiger partial charge in [-0.1, -0.05) is 6.07 Å². The van der Waals surface area contributed by atoms with E-state index in [4.69, 9.17) is 5.73 Å². The van der Waals surface area contributed by atoms with Crippen molar-refractivity contribution in [2.24, 2.45) is 5.73 Å². The van der Waals surface area contributed by atoms with E-state index in [2.05, 4.69) is 0 Å². The number of benzene rings is 2. The van der Waals surface area contributed by atoms with E-state index in [1.807, 2.05) is 0 Å². The molecule has 2 aliphatic rings. The molecule has 180 valence electrons. The summed E-state index contributed by atoms with van der Waals surface area (Å²) < 4.78 is 123. The van der Waals surface area contributed by atoms with Crippen LogP contribution in [0.1, 0.15) is 46.7 Å². The van der Waals surface area contributed by atoms with Gasteiger partial charge in [-0.3, -0.25) is 0 Å². The van der Waals surface area contributed by atoms with Crippen LogP contribution in [0.5, 0.6) is 0 Å². The van der Waals surface area contributed by atoms with Crippen molar-refractivity contribution in [1.29, 1.82) is 0 Å². The quantitative estimate of drug-likeness (QED) is 0.504. The van der Waals surface area contributed by atoms with E-state index in [9.17, 15) is 39.5 Å². The van der Waals surface area contributed by atoms with Crippen LogP contribution in [0.2, 0.25) is 0 Å². The van der Waals surface area contributed by atoms with E-state index >= 15 is 0 Å². The Hall–Kier alpha value is -2.43. The minimum atomic E-state index is -5.24. The fourth-order valence-electron chi connectivity index (χ4n) is 4.73. The molecule has 2 aromatic carbocycles. The fraction of sp³-hybridized carbons (Fsp3) is 0.455. The smallest absolute Gasteiger partial charge is 0.370 e. The van der Waals surface area contributed by atoms with Gasteiger partial charge in [0, 0.05) is 24.8 Å². The highest BCUT2D eigenvalue weighted by atomic mass is 19.4. The summed E-state index contributed by atoms with van der Waals surface area (Å²) in [5.74, 6) is 0. The second-order valence-corrected chi connectivity index (χ2v) is 8.57. The van der Waals surface area contributed by atoms with E-state index in [1.54, 1.807) is 18.2 Å². The molecular formula is C22H19F9N2. The third kappa shape index (κ3) is 4.15. The summed E-state index contributed by atoms with van der Waals surface area (Å²) in [6.45, 7) is -0.970. The van der Waals surface area contributed by atoms with E-state index in [0.717, 1.165) is 11.1 Å². The van der Waals surface area contributed by atoms with Crippen molar-refractivity contribution in [2.45, 2.75) is 49.2 Å². The number of hydrogen-bond donors (Lipinski definition) is 1. The average Bonchev–Trinajstić information content (AvgIpc) is 3.31. The fourth-order valence-corrected chi connectivity index (χ4v) is 4.73. The topological polar surface area (TPSA) is 29.3 Å². The van der Waals surface area contributed by atoms with Crippen LogP contribution in [0.25, 0.3) is 0 Å². The number of hydrogen-bond acceptors (Lipinski definition) is 2. The number of nitrogens with zero attached hydrogens (tertiary/aromatic N) is 1. The first-order chi connectivity index (χ1) is 15.1. The zero-order valence-corrected chi connectivity index (χ0v) is 17.0. The van der Waals surface area contributed by atoms with Gasteiger partial charge >= 0.3 is 18.5 Å². The molecule has 0 amide bonds. The minimum absolute atomic E-state index is 0.163. The van der Waals surface area contributed by atoms with Gasteiger partial charge in [-0.2, -0.15) is 39.5 Å². The van der Waals surface area contributed by atoms with Gasteiger partial charge in [-0.25, -0.2) is 0 Å². The maximum atomic E-state index is 14.3. The lowest BCUT2D eigenvalue weighted by atomic mass is 9.77. The van der Waals surface area contributed by atoms with Gasteiger partial charge in [-0.15, -0.1) is 0 Å². The first kappa shape index (κ1) is 23.7. The maximum Gasteiger partial charge on any atom is 0.416 e. The van der Waals surface area contributed by atoms with Gasteiger partial charge in [-0.05, 0) is 66.3 Å². The largest absolute Gasteiger partial charge is 0.416 e. The van der Waals surface area contributed by atoms with E-state index in [-0.39, 0.29) is 30.8 Å². The second-order valence-electron chi connectivity index (χ2n) is 8.57. The lowest BCUT2D eigenvalue weighted by Crippen LogP contribution is -2.45. The Morgan fingerprint density at radius 1 is 0.848 bits per heavy atom. The van der Waals surface area contributed by atoms with E-state index in [1.165, 1.54) is 4.90 Å². The van der Waals surface area contributed by atoms with Crippen molar-refractivity contribution in [1.82, 2.24) is 0 Å². The normalized spacial score (nSPS) is 23.8. The number of halogens is 9. The molecular weight excluding hydrogens is 463 g/mol. The summed E-state index contributed by atoms with van der Waals surface area (Å²) in [4.78, 5) is 1.35. The van der Waals surface area contributed by atoms with Gasteiger partial charge < -0.3 is 10.6 Å². The van der Waals surface area contributed by atoms with Crippen LogP contribution < -0.4 is 10.6 Å². The molecule has 2 aromatic rings. The predicted molar refractivity (Wildman–Crippen MR) is 103 cm³/mol. The van der Waals surface area contributed by atoms with Gasteiger partial charge in [0.15, 0.2) is 0 Å². The highest BCUT2D eigenvalue weighted by Gasteiger charge is 2.60. The predicted octanol–water partition coefficient (Wildman–Crippen LogP) is 6.38. The van der Waals surface area contributed by atoms with Crippen molar-refractivity contribution < 1.29 is 39.5 Å². The molecule has 2 unspecified atom stereocenters. The van der Waals surface area contributed by atoms with Crippen LogP contribution in [0, 0.1) is 0 Å². The Morgan fingerprint density at radius 3 is 2.00 bits per heavy atom. The average molecular weight is 482 g/mol. The standard InChI is InChI=1S/C22H19F9N2/c23-20(24,25)14-8-13(9-15(10-14)21(26,27)28)19(22(29,30)31)5-6-33(11-19)16-2-3-17-12(7-16)1-4-18(17)32/h2-3,7-10,18H,1,4-6,11,32H2. The molecule has 1 saturated heterocycles. The van der Waals surface area contributed by atoms with Gasteiger partial charge in [0.05, 0.1) is 11.1 Å². The second kappa shape index (κ2) is 7.54. The van der Waals surface area contributed by atoms with Crippen LogP contribution in [0.3, 0.4) is 0 Å². The summed E-state index contributed by atoms with van der Waals surface area (Å²) in [6, 6.07) is 5.03. The van der Waals surface area contributed by atoms with Crippen molar-refractivity contribution in [2.75, 3.05) is 18.0 Å². The number of aryl methyl sites for hydroxylation is 1. The summed E-state index contributed by atoms with van der Waals surface area (Å²) in [6.07, 6.45) is -14.9. The van der Waals surface area contributed by atoms with Crippen LogP contribution in [0.4, 0.5) is 45.2 Å². The van der Waals surface area contributed by atoms with E-state index in [0.29, 0.717) is 18.5 Å². The molecule has 2 N–H and O–H groups in total. The van der Waals surface area contributed by atoms with Gasteiger partial charge in [0.25, 0.3) is 0 Å². The molecule has 2 atom stereocenters. The Balaban J connectivity index is 1.79. The lowest BCUT2D eigenvalue weighted by Gasteiger charge is -2.33. The molecule has 0 saturated carbocycles. The molecule has 4 rings (SSSR count). The number of alkyl halides is 9. The molecule has 33 heavy (non-hydrogen) atoms. The Labute approximate surface area is 183 Å². The molecule has 0 bridgehead atoms. The SMILES string of the molecule is NC1CCc2cc(N3CCC(c4cc(C(F)(F)F)cc(C(F)(F)F)c4)(C(F)(F)F)C3)ccc21. The zero-order valence-electron chi connectivity index (χ0n) is 17.0. The molecule has 11 heteroatoms. The highest BCUT2D eigenvalue weighted by molar-refractivity contribution is 5.55. The summed E-state index contributed by atoms with van der Waals surface area (Å²) >= 11 is 0. The molecule has 1 aliphatic carbocycles. The molecule has 0 radical (unpaired) electrons. The lowest BCUT2D eigenvalue weighted by molar-refractivity contribution is -0.185. The van der Waals surface area contributed by atoms with Gasteiger partial charge in [0.2, 0.25) is 0 Å². The first-order valence-corrected chi connectivity index (χ1v) is 10.1. The number of nitrogens with two attached hydrogens (primary N) is 1. The molecule has 2 nitrogen and oxygen atoms in total. The molecule has 1 fully saturated rings. The Morgan fingerprint density at radius 2 is 1.45 bits per heavy atom. The summed E-state index contributed by atoms with van der Waals surface area (Å²) in [7, 11) is 0. The Bertz CT molecular complexity index is 1020. The molecule has 1 heterocycles. The third-order valence-corrected chi connectivity index (χ3v) is 6.57. The van der Waals surface area contributed by atoms with Crippen molar-refractivity contribution in [3.8, 4) is 0 Å². The molecule has 0 aromatic heterocycles. The Kier molecular flexibility index (Phi) is 5.42. The van der Waals surface area contributed by atoms with E-state index < -0.39 is 53.6 Å². The van der Waals surface area contributed by atoms with Crippen molar-refractivity contribution in [3.63, 3.8) is 0 Å². The van der Waals surface area contributed by atoms with Crippen LogP contribution in [0.15, 0.2) is 36.4 Å². The van der Waals surface area contributed by atoms with Crippen molar-refractivity contribution in [3.05, 3.63) is 64.2 Å². The number of fused-ring (bicyclic) bond motifs is 1. The highest BCUT2D eigenvalue weighted by Crippen LogP contribution is 2.51. The third-order valence-electron chi connectivity index (χ3n) is 6.57. The zero-order chi connectivity index (χ0) is 24.4. The summed E-state index contributed by atoms with van der Waals surface area (Å²) in [5.41, 5.74) is 0.716. The first-order valence-electron chi connectivity index (χ1n) is 10.1. The molecule has 1 aliphatic heterocycles. The minimum Gasteiger partial charge on any atom is -0.370 e. The number of rotatable bonds is 2. The monoisotopic (exact) mass is 482 g/mol. The summed E-state index contributed by atoms with van der Waals surface area (Å²) in [5, 5.41) is 0. The van der Waals surface area contributed by atoms with Gasteiger partial charge in [0.1, 0.15) is 5.41 Å². The van der Waals surface area contributed by atoms with Crippen molar-refractivity contribution >= 4 is 5.69 Å². The number of anilines is 1.